The van der Waals surface area contributed by atoms with Crippen molar-refractivity contribution in [3.63, 3.8) is 0 Å². The molecule has 0 aromatic carbocycles. The van der Waals surface area contributed by atoms with E-state index in [0.717, 1.165) is 25.1 Å². The third kappa shape index (κ3) is 2.17. The minimum atomic E-state index is -0.404. The maximum atomic E-state index is 6.60. The average molecular weight is 277 g/mol. The summed E-state index contributed by atoms with van der Waals surface area (Å²) in [6.45, 7) is 16.0. The molecule has 1 saturated heterocycles. The van der Waals surface area contributed by atoms with Crippen LogP contribution in [-0.2, 0) is 9.47 Å². The van der Waals surface area contributed by atoms with Crippen molar-refractivity contribution in [3.05, 3.63) is 22.9 Å². The molecule has 2 aliphatic heterocycles. The van der Waals surface area contributed by atoms with Gasteiger partial charge in [-0.15, -0.1) is 0 Å². The molecule has 1 fully saturated rings. The Balaban J connectivity index is 2.61. The van der Waals surface area contributed by atoms with Crippen molar-refractivity contribution in [1.29, 1.82) is 0 Å². The summed E-state index contributed by atoms with van der Waals surface area (Å²) in [7, 11) is 0. The van der Waals surface area contributed by atoms with Gasteiger partial charge in [0.25, 0.3) is 0 Å². The highest BCUT2D eigenvalue weighted by molar-refractivity contribution is 5.50. The molecule has 0 bridgehead atoms. The Hall–Kier alpha value is -0.930. The Morgan fingerprint density at radius 1 is 1.45 bits per heavy atom. The van der Waals surface area contributed by atoms with Gasteiger partial charge in [-0.25, -0.2) is 0 Å². The minimum Gasteiger partial charge on any atom is -0.378 e. The number of ether oxygens (including phenoxy) is 2. The molecule has 2 aliphatic rings. The van der Waals surface area contributed by atoms with Crippen LogP contribution in [0, 0.1) is 5.92 Å². The summed E-state index contributed by atoms with van der Waals surface area (Å²) in [6.07, 6.45) is 4.10. The van der Waals surface area contributed by atoms with Gasteiger partial charge in [-0.1, -0.05) is 19.9 Å². The van der Waals surface area contributed by atoms with Crippen molar-refractivity contribution in [1.82, 2.24) is 0 Å². The molecular weight excluding hydrogens is 250 g/mol. The number of allylic oxidation sites excluding steroid dienone is 1. The van der Waals surface area contributed by atoms with Crippen LogP contribution in [0.15, 0.2) is 27.9 Å². The summed E-state index contributed by atoms with van der Waals surface area (Å²) >= 11 is 0. The first-order valence-electron chi connectivity index (χ1n) is 7.54. The normalized spacial score (nSPS) is 35.2. The van der Waals surface area contributed by atoms with Gasteiger partial charge in [0.1, 0.15) is 5.60 Å². The highest BCUT2D eigenvalue weighted by Crippen LogP contribution is 2.52. The van der Waals surface area contributed by atoms with Crippen LogP contribution in [0.1, 0.15) is 47.5 Å². The molecular formula is C17H27NO2. The molecule has 0 aromatic heterocycles. The van der Waals surface area contributed by atoms with Crippen LogP contribution < -0.4 is 0 Å². The number of hydrogen-bond donors (Lipinski definition) is 0. The van der Waals surface area contributed by atoms with Gasteiger partial charge in [-0.2, -0.15) is 0 Å². The van der Waals surface area contributed by atoms with E-state index in [9.17, 15) is 0 Å². The van der Waals surface area contributed by atoms with E-state index >= 15 is 0 Å². The van der Waals surface area contributed by atoms with Gasteiger partial charge < -0.3 is 9.47 Å². The standard InChI is InChI=1S/C17H27NO2/c1-7-13(4)14-15(18-6)17(9-8-10-19-11-17)20-16(14,5)12(2)3/h7,12H,6,8-11H2,1-5H3/b13-7-. The Labute approximate surface area is 122 Å². The summed E-state index contributed by atoms with van der Waals surface area (Å²) in [5.74, 6) is 0.366. The van der Waals surface area contributed by atoms with E-state index in [2.05, 4.69) is 52.4 Å². The van der Waals surface area contributed by atoms with E-state index in [-0.39, 0.29) is 5.60 Å². The van der Waals surface area contributed by atoms with Crippen molar-refractivity contribution in [2.75, 3.05) is 13.2 Å². The van der Waals surface area contributed by atoms with E-state index < -0.39 is 5.60 Å². The Bertz CT molecular complexity index is 456. The van der Waals surface area contributed by atoms with Gasteiger partial charge in [0.05, 0.1) is 17.9 Å². The molecule has 0 aliphatic carbocycles. The Morgan fingerprint density at radius 3 is 2.60 bits per heavy atom. The zero-order valence-corrected chi connectivity index (χ0v) is 13.5. The zero-order valence-electron chi connectivity index (χ0n) is 13.5. The molecule has 20 heavy (non-hydrogen) atoms. The van der Waals surface area contributed by atoms with Crippen molar-refractivity contribution in [2.24, 2.45) is 10.9 Å². The number of aliphatic imine (C=N–C) groups is 1. The fraction of sp³-hybridized carbons (Fsp3) is 0.706. The molecule has 0 amide bonds. The monoisotopic (exact) mass is 277 g/mol. The van der Waals surface area contributed by atoms with Crippen LogP contribution in [0.5, 0.6) is 0 Å². The minimum absolute atomic E-state index is 0.326. The number of hydrogen-bond acceptors (Lipinski definition) is 3. The second kappa shape index (κ2) is 5.45. The third-order valence-electron chi connectivity index (χ3n) is 4.86. The lowest BCUT2D eigenvalue weighted by molar-refractivity contribution is -0.158. The van der Waals surface area contributed by atoms with Crippen LogP contribution in [0.2, 0.25) is 0 Å². The second-order valence-corrected chi connectivity index (χ2v) is 6.37. The van der Waals surface area contributed by atoms with Crippen molar-refractivity contribution in [2.45, 2.75) is 58.7 Å². The topological polar surface area (TPSA) is 30.8 Å². The highest BCUT2D eigenvalue weighted by atomic mass is 16.6. The van der Waals surface area contributed by atoms with Crippen LogP contribution in [0.25, 0.3) is 0 Å². The van der Waals surface area contributed by atoms with Gasteiger partial charge in [0.2, 0.25) is 0 Å². The van der Waals surface area contributed by atoms with Gasteiger partial charge >= 0.3 is 0 Å². The molecule has 3 nitrogen and oxygen atoms in total. The zero-order chi connectivity index (χ0) is 15.0. The van der Waals surface area contributed by atoms with Gasteiger partial charge in [-0.05, 0) is 51.8 Å². The maximum Gasteiger partial charge on any atom is 0.135 e. The smallest absolute Gasteiger partial charge is 0.135 e. The number of nitrogens with zero attached hydrogens (tertiary/aromatic N) is 1. The van der Waals surface area contributed by atoms with Gasteiger partial charge in [0.15, 0.2) is 0 Å². The molecule has 2 unspecified atom stereocenters. The predicted octanol–water partition coefficient (Wildman–Crippen LogP) is 3.90. The first kappa shape index (κ1) is 15.5. The van der Waals surface area contributed by atoms with E-state index in [1.165, 1.54) is 11.1 Å². The molecule has 0 N–H and O–H groups in total. The lowest BCUT2D eigenvalue weighted by atomic mass is 9.80. The average Bonchev–Trinajstić information content (AvgIpc) is 2.68. The first-order valence-corrected chi connectivity index (χ1v) is 7.54. The molecule has 0 aromatic rings. The van der Waals surface area contributed by atoms with Crippen LogP contribution in [0.4, 0.5) is 0 Å². The molecule has 2 rings (SSSR count). The van der Waals surface area contributed by atoms with Crippen molar-refractivity contribution in [3.8, 4) is 0 Å². The molecule has 1 spiro atoms. The Morgan fingerprint density at radius 2 is 2.15 bits per heavy atom. The molecule has 2 atom stereocenters. The fourth-order valence-corrected chi connectivity index (χ4v) is 3.36. The first-order chi connectivity index (χ1) is 9.41. The summed E-state index contributed by atoms with van der Waals surface area (Å²) < 4.78 is 12.3. The fourth-order valence-electron chi connectivity index (χ4n) is 3.36. The molecule has 0 saturated carbocycles. The molecule has 112 valence electrons. The SMILES string of the molecule is C=NC1=C(/C(C)=C\C)C(C)(C(C)C)OC12CCCOC2. The molecule has 3 heteroatoms. The third-order valence-corrected chi connectivity index (χ3v) is 4.86. The summed E-state index contributed by atoms with van der Waals surface area (Å²) in [5, 5.41) is 0. The van der Waals surface area contributed by atoms with Crippen LogP contribution in [-0.4, -0.2) is 31.1 Å². The number of rotatable bonds is 3. The van der Waals surface area contributed by atoms with Crippen LogP contribution >= 0.6 is 0 Å². The summed E-state index contributed by atoms with van der Waals surface area (Å²) in [6, 6.07) is 0. The molecule has 2 heterocycles. The van der Waals surface area contributed by atoms with Crippen molar-refractivity contribution >= 4 is 6.72 Å². The molecule has 0 radical (unpaired) electrons. The summed E-state index contributed by atoms with van der Waals surface area (Å²) in [4.78, 5) is 4.38. The van der Waals surface area contributed by atoms with Crippen LogP contribution in [0.3, 0.4) is 0 Å². The Kier molecular flexibility index (Phi) is 4.22. The largest absolute Gasteiger partial charge is 0.378 e. The summed E-state index contributed by atoms with van der Waals surface area (Å²) in [5.41, 5.74) is 2.69. The maximum absolute atomic E-state index is 6.60. The predicted molar refractivity (Wildman–Crippen MR) is 83.1 cm³/mol. The van der Waals surface area contributed by atoms with Crippen molar-refractivity contribution < 1.29 is 9.47 Å². The lowest BCUT2D eigenvalue weighted by Crippen LogP contribution is -2.45. The van der Waals surface area contributed by atoms with E-state index in [0.29, 0.717) is 12.5 Å². The van der Waals surface area contributed by atoms with E-state index in [1.54, 1.807) is 0 Å². The quantitative estimate of drug-likeness (QED) is 0.732. The highest BCUT2D eigenvalue weighted by Gasteiger charge is 2.55. The van der Waals surface area contributed by atoms with E-state index in [4.69, 9.17) is 9.47 Å². The van der Waals surface area contributed by atoms with E-state index in [1.807, 2.05) is 0 Å². The van der Waals surface area contributed by atoms with Gasteiger partial charge in [0, 0.05) is 12.2 Å². The lowest BCUT2D eigenvalue weighted by Gasteiger charge is -2.39. The second-order valence-electron chi connectivity index (χ2n) is 6.37. The van der Waals surface area contributed by atoms with Gasteiger partial charge in [-0.3, -0.25) is 4.99 Å².